The predicted molar refractivity (Wildman–Crippen MR) is 57.4 cm³/mol. The van der Waals surface area contributed by atoms with Gasteiger partial charge in [0, 0.05) is 17.7 Å². The van der Waals surface area contributed by atoms with Crippen molar-refractivity contribution >= 4 is 23.3 Å². The molecule has 0 spiro atoms. The van der Waals surface area contributed by atoms with E-state index in [9.17, 15) is 19.7 Å². The number of hydrogen-bond acceptors (Lipinski definition) is 4. The first-order valence-corrected chi connectivity index (χ1v) is 4.72. The first-order chi connectivity index (χ1) is 8.06. The molecule has 1 aromatic carbocycles. The Balaban J connectivity index is 2.31. The monoisotopic (exact) mass is 233 g/mol. The maximum absolute atomic E-state index is 11.1. The van der Waals surface area contributed by atoms with Crippen molar-refractivity contribution in [3.05, 3.63) is 39.9 Å². The second kappa shape index (κ2) is 4.12. The number of non-ortho nitro benzene ring substituents is 1. The lowest BCUT2D eigenvalue weighted by Gasteiger charge is -2.11. The molecule has 7 nitrogen and oxygen atoms in total. The summed E-state index contributed by atoms with van der Waals surface area (Å²) in [4.78, 5) is 35.8. The van der Waals surface area contributed by atoms with Crippen LogP contribution in [0.1, 0.15) is 12.0 Å². The molecule has 1 aliphatic heterocycles. The van der Waals surface area contributed by atoms with Gasteiger partial charge in [-0.2, -0.15) is 4.99 Å². The van der Waals surface area contributed by atoms with Crippen molar-refractivity contribution in [2.75, 3.05) is 0 Å². The Labute approximate surface area is 95.3 Å². The number of aliphatic imine (C=N–C) groups is 1. The van der Waals surface area contributed by atoms with E-state index >= 15 is 0 Å². The maximum Gasteiger partial charge on any atom is 0.269 e. The Morgan fingerprint density at radius 2 is 1.88 bits per heavy atom. The SMILES string of the molecule is O=C1CC(=O)NC(c2ccc([N+](=O)[O-])cc2)=N1. The van der Waals surface area contributed by atoms with Crippen molar-refractivity contribution in [1.29, 1.82) is 0 Å². The molecule has 1 heterocycles. The van der Waals surface area contributed by atoms with Gasteiger partial charge in [0.1, 0.15) is 12.3 Å². The van der Waals surface area contributed by atoms with Crippen LogP contribution < -0.4 is 5.32 Å². The zero-order valence-electron chi connectivity index (χ0n) is 8.54. The summed E-state index contributed by atoms with van der Waals surface area (Å²) in [6, 6.07) is 5.41. The van der Waals surface area contributed by atoms with E-state index in [0.717, 1.165) is 0 Å². The minimum Gasteiger partial charge on any atom is -0.310 e. The van der Waals surface area contributed by atoms with Crippen LogP contribution in [0.25, 0.3) is 0 Å². The van der Waals surface area contributed by atoms with Gasteiger partial charge in [-0.05, 0) is 12.1 Å². The molecular formula is C10H7N3O4. The molecule has 0 saturated carbocycles. The smallest absolute Gasteiger partial charge is 0.269 e. The number of benzene rings is 1. The Morgan fingerprint density at radius 1 is 1.24 bits per heavy atom. The molecule has 1 aromatic rings. The van der Waals surface area contributed by atoms with Crippen LogP contribution in [0.15, 0.2) is 29.3 Å². The highest BCUT2D eigenvalue weighted by atomic mass is 16.6. The number of rotatable bonds is 2. The minimum atomic E-state index is -0.532. The van der Waals surface area contributed by atoms with Crippen LogP contribution >= 0.6 is 0 Å². The molecule has 2 amide bonds. The third-order valence-corrected chi connectivity index (χ3v) is 2.16. The highest BCUT2D eigenvalue weighted by molar-refractivity contribution is 6.19. The second-order valence-electron chi connectivity index (χ2n) is 3.38. The number of amidine groups is 1. The van der Waals surface area contributed by atoms with Crippen LogP contribution in [0, 0.1) is 10.1 Å². The van der Waals surface area contributed by atoms with Crippen molar-refractivity contribution in [3.8, 4) is 0 Å². The normalized spacial score (nSPS) is 15.2. The molecule has 17 heavy (non-hydrogen) atoms. The molecular weight excluding hydrogens is 226 g/mol. The average molecular weight is 233 g/mol. The molecule has 0 atom stereocenters. The van der Waals surface area contributed by atoms with Crippen LogP contribution in [-0.2, 0) is 9.59 Å². The summed E-state index contributed by atoms with van der Waals surface area (Å²) < 4.78 is 0. The molecule has 0 fully saturated rings. The molecule has 0 saturated heterocycles. The second-order valence-corrected chi connectivity index (χ2v) is 3.38. The molecule has 0 aliphatic carbocycles. The number of carbonyl (C=O) groups excluding carboxylic acids is 2. The fourth-order valence-electron chi connectivity index (χ4n) is 1.38. The Bertz CT molecular complexity index is 533. The fourth-order valence-corrected chi connectivity index (χ4v) is 1.38. The van der Waals surface area contributed by atoms with E-state index in [0.29, 0.717) is 5.56 Å². The van der Waals surface area contributed by atoms with Gasteiger partial charge in [0.05, 0.1) is 4.92 Å². The van der Waals surface area contributed by atoms with Gasteiger partial charge in [-0.3, -0.25) is 19.7 Å². The zero-order chi connectivity index (χ0) is 12.4. The van der Waals surface area contributed by atoms with Gasteiger partial charge in [0.2, 0.25) is 5.91 Å². The van der Waals surface area contributed by atoms with Crippen LogP contribution in [-0.4, -0.2) is 22.6 Å². The van der Waals surface area contributed by atoms with Gasteiger partial charge in [-0.15, -0.1) is 0 Å². The summed E-state index contributed by atoms with van der Waals surface area (Å²) >= 11 is 0. The molecule has 0 unspecified atom stereocenters. The summed E-state index contributed by atoms with van der Waals surface area (Å²) in [6.07, 6.45) is -0.267. The molecule has 1 aliphatic rings. The third kappa shape index (κ3) is 2.33. The molecule has 7 heteroatoms. The van der Waals surface area contributed by atoms with Gasteiger partial charge in [0.15, 0.2) is 0 Å². The van der Waals surface area contributed by atoms with Crippen molar-refractivity contribution in [1.82, 2.24) is 5.32 Å². The quantitative estimate of drug-likeness (QED) is 0.453. The number of hydrogen-bond donors (Lipinski definition) is 1. The largest absolute Gasteiger partial charge is 0.310 e. The van der Waals surface area contributed by atoms with Gasteiger partial charge in [-0.25, -0.2) is 0 Å². The predicted octanol–water partition coefficient (Wildman–Crippen LogP) is 0.388. The lowest BCUT2D eigenvalue weighted by molar-refractivity contribution is -0.384. The average Bonchev–Trinajstić information content (AvgIpc) is 2.28. The topological polar surface area (TPSA) is 102 Å². The van der Waals surface area contributed by atoms with E-state index in [-0.39, 0.29) is 17.9 Å². The van der Waals surface area contributed by atoms with Gasteiger partial charge in [0.25, 0.3) is 11.6 Å². The molecule has 0 aromatic heterocycles. The lowest BCUT2D eigenvalue weighted by atomic mass is 10.1. The summed E-state index contributed by atoms with van der Waals surface area (Å²) in [7, 11) is 0. The van der Waals surface area contributed by atoms with Crippen molar-refractivity contribution in [3.63, 3.8) is 0 Å². The number of nitro groups is 1. The van der Waals surface area contributed by atoms with Crippen LogP contribution in [0.4, 0.5) is 5.69 Å². The van der Waals surface area contributed by atoms with E-state index in [1.165, 1.54) is 24.3 Å². The van der Waals surface area contributed by atoms with Crippen LogP contribution in [0.5, 0.6) is 0 Å². The van der Waals surface area contributed by atoms with E-state index in [1.54, 1.807) is 0 Å². The first-order valence-electron chi connectivity index (χ1n) is 4.72. The van der Waals surface area contributed by atoms with Crippen LogP contribution in [0.3, 0.4) is 0 Å². The van der Waals surface area contributed by atoms with Gasteiger partial charge in [-0.1, -0.05) is 0 Å². The number of nitrogens with one attached hydrogen (secondary N) is 1. The number of carbonyl (C=O) groups is 2. The minimum absolute atomic E-state index is 0.0668. The van der Waals surface area contributed by atoms with E-state index in [4.69, 9.17) is 0 Å². The van der Waals surface area contributed by atoms with E-state index in [1.807, 2.05) is 0 Å². The van der Waals surface area contributed by atoms with Gasteiger partial charge < -0.3 is 5.32 Å². The summed E-state index contributed by atoms with van der Waals surface area (Å²) in [6.45, 7) is 0. The standard InChI is InChI=1S/C10H7N3O4/c14-8-5-9(15)12-10(11-8)6-1-3-7(4-2-6)13(16)17/h1-4H,5H2,(H,11,12,14,15). The lowest BCUT2D eigenvalue weighted by Crippen LogP contribution is -2.37. The third-order valence-electron chi connectivity index (χ3n) is 2.16. The van der Waals surface area contributed by atoms with Crippen molar-refractivity contribution < 1.29 is 14.5 Å². The fraction of sp³-hybridized carbons (Fsp3) is 0.100. The highest BCUT2D eigenvalue weighted by Gasteiger charge is 2.19. The summed E-state index contributed by atoms with van der Waals surface area (Å²) in [5, 5.41) is 12.9. The zero-order valence-corrected chi connectivity index (χ0v) is 8.54. The number of nitro benzene ring substituents is 1. The molecule has 86 valence electrons. The molecule has 2 rings (SSSR count). The summed E-state index contributed by atoms with van der Waals surface area (Å²) in [5.74, 6) is -0.832. The van der Waals surface area contributed by atoms with E-state index in [2.05, 4.69) is 10.3 Å². The summed E-state index contributed by atoms with van der Waals surface area (Å²) in [5.41, 5.74) is 0.389. The Kier molecular flexibility index (Phi) is 2.65. The molecule has 0 bridgehead atoms. The number of amides is 2. The first kappa shape index (κ1) is 10.9. The molecule has 0 radical (unpaired) electrons. The maximum atomic E-state index is 11.1. The molecule has 1 N–H and O–H groups in total. The number of nitrogens with zero attached hydrogens (tertiary/aromatic N) is 2. The Morgan fingerprint density at radius 3 is 2.41 bits per heavy atom. The Hall–Kier alpha value is -2.57. The van der Waals surface area contributed by atoms with Crippen molar-refractivity contribution in [2.45, 2.75) is 6.42 Å². The van der Waals surface area contributed by atoms with E-state index < -0.39 is 16.7 Å². The van der Waals surface area contributed by atoms with Gasteiger partial charge >= 0.3 is 0 Å². The van der Waals surface area contributed by atoms with Crippen LogP contribution in [0.2, 0.25) is 0 Å². The highest BCUT2D eigenvalue weighted by Crippen LogP contribution is 2.13. The van der Waals surface area contributed by atoms with Crippen molar-refractivity contribution in [2.24, 2.45) is 4.99 Å².